The Bertz CT molecular complexity index is 450. The number of hydrogen-bond acceptors (Lipinski definition) is 3. The van der Waals surface area contributed by atoms with Crippen molar-refractivity contribution in [3.05, 3.63) is 29.8 Å². The maximum atomic E-state index is 12.1. The summed E-state index contributed by atoms with van der Waals surface area (Å²) in [7, 11) is 0. The molecule has 0 radical (unpaired) electrons. The smallest absolute Gasteiger partial charge is 0.378 e. The van der Waals surface area contributed by atoms with Crippen molar-refractivity contribution in [2.24, 2.45) is 0 Å². The highest BCUT2D eigenvalue weighted by molar-refractivity contribution is 5.84. The number of ketones is 1. The van der Waals surface area contributed by atoms with Crippen LogP contribution in [0.5, 0.6) is 0 Å². The Hall–Kier alpha value is -1.56. The Labute approximate surface area is 115 Å². The van der Waals surface area contributed by atoms with E-state index in [9.17, 15) is 18.0 Å². The predicted molar refractivity (Wildman–Crippen MR) is 68.9 cm³/mol. The van der Waals surface area contributed by atoms with Gasteiger partial charge in [-0.1, -0.05) is 12.1 Å². The molecule has 110 valence electrons. The number of carbonyl (C=O) groups is 1. The summed E-state index contributed by atoms with van der Waals surface area (Å²) in [6.45, 7) is 2.99. The number of carbonyl (C=O) groups excluding carboxylic acids is 1. The predicted octanol–water partition coefficient (Wildman–Crippen LogP) is 2.59. The lowest BCUT2D eigenvalue weighted by Gasteiger charge is -2.28. The fraction of sp³-hybridized carbons (Fsp3) is 0.500. The van der Waals surface area contributed by atoms with Gasteiger partial charge in [0.1, 0.15) is 0 Å². The topological polar surface area (TPSA) is 29.5 Å². The van der Waals surface area contributed by atoms with E-state index >= 15 is 0 Å². The Morgan fingerprint density at radius 2 is 1.75 bits per heavy atom. The van der Waals surface area contributed by atoms with Gasteiger partial charge in [0.2, 0.25) is 5.78 Å². The van der Waals surface area contributed by atoms with Crippen LogP contribution >= 0.6 is 0 Å². The zero-order valence-electron chi connectivity index (χ0n) is 10.9. The molecule has 0 unspecified atom stereocenters. The second kappa shape index (κ2) is 6.26. The van der Waals surface area contributed by atoms with Gasteiger partial charge in [-0.25, -0.2) is 0 Å². The molecule has 3 nitrogen and oxygen atoms in total. The molecule has 0 spiro atoms. The van der Waals surface area contributed by atoms with Crippen LogP contribution in [0.4, 0.5) is 18.9 Å². The maximum Gasteiger partial charge on any atom is 0.449 e. The van der Waals surface area contributed by atoms with E-state index in [2.05, 4.69) is 4.90 Å². The van der Waals surface area contributed by atoms with E-state index in [1.807, 2.05) is 12.1 Å². The first-order chi connectivity index (χ1) is 9.47. The number of aryl methyl sites for hydroxylation is 1. The average Bonchev–Trinajstić information content (AvgIpc) is 2.45. The number of rotatable bonds is 4. The summed E-state index contributed by atoms with van der Waals surface area (Å²) in [5.74, 6) is -1.67. The van der Waals surface area contributed by atoms with Crippen LogP contribution < -0.4 is 4.90 Å². The summed E-state index contributed by atoms with van der Waals surface area (Å²) in [5.41, 5.74) is 1.76. The summed E-state index contributed by atoms with van der Waals surface area (Å²) in [5, 5.41) is 0. The zero-order chi connectivity index (χ0) is 14.6. The molecule has 1 heterocycles. The van der Waals surface area contributed by atoms with E-state index in [0.29, 0.717) is 13.2 Å². The Morgan fingerprint density at radius 3 is 2.30 bits per heavy atom. The molecule has 20 heavy (non-hydrogen) atoms. The number of nitrogens with zero attached hydrogens (tertiary/aromatic N) is 1. The van der Waals surface area contributed by atoms with Crippen molar-refractivity contribution in [2.75, 3.05) is 31.2 Å². The molecule has 6 heteroatoms. The number of alkyl halides is 3. The van der Waals surface area contributed by atoms with E-state index in [1.165, 1.54) is 0 Å². The van der Waals surface area contributed by atoms with Crippen molar-refractivity contribution in [3.63, 3.8) is 0 Å². The Morgan fingerprint density at radius 1 is 1.15 bits per heavy atom. The lowest BCUT2D eigenvalue weighted by molar-refractivity contribution is -0.171. The van der Waals surface area contributed by atoms with Crippen LogP contribution in [-0.2, 0) is 16.0 Å². The van der Waals surface area contributed by atoms with Crippen LogP contribution in [0.3, 0.4) is 0 Å². The molecule has 0 aromatic heterocycles. The van der Waals surface area contributed by atoms with Gasteiger partial charge >= 0.3 is 6.18 Å². The van der Waals surface area contributed by atoms with Crippen molar-refractivity contribution >= 4 is 11.5 Å². The molecule has 1 aliphatic heterocycles. The van der Waals surface area contributed by atoms with Crippen molar-refractivity contribution in [2.45, 2.75) is 19.0 Å². The first-order valence-electron chi connectivity index (χ1n) is 6.48. The van der Waals surface area contributed by atoms with Crippen molar-refractivity contribution in [3.8, 4) is 0 Å². The van der Waals surface area contributed by atoms with Gasteiger partial charge in [0, 0.05) is 25.2 Å². The molecule has 0 aliphatic carbocycles. The van der Waals surface area contributed by atoms with Crippen molar-refractivity contribution in [1.29, 1.82) is 0 Å². The van der Waals surface area contributed by atoms with Gasteiger partial charge in [-0.3, -0.25) is 4.79 Å². The molecular weight excluding hydrogens is 271 g/mol. The van der Waals surface area contributed by atoms with Gasteiger partial charge in [0.05, 0.1) is 13.2 Å². The largest absolute Gasteiger partial charge is 0.449 e. The normalized spacial score (nSPS) is 16.2. The van der Waals surface area contributed by atoms with Crippen LogP contribution in [0.1, 0.15) is 12.0 Å². The Kier molecular flexibility index (Phi) is 4.65. The number of Topliss-reactive ketones (excluding diaryl/α,β-unsaturated/α-hetero) is 1. The fourth-order valence-corrected chi connectivity index (χ4v) is 2.09. The lowest BCUT2D eigenvalue weighted by Crippen LogP contribution is -2.36. The number of morpholine rings is 1. The number of benzene rings is 1. The highest BCUT2D eigenvalue weighted by Crippen LogP contribution is 2.21. The molecule has 1 aromatic carbocycles. The van der Waals surface area contributed by atoms with Crippen molar-refractivity contribution < 1.29 is 22.7 Å². The van der Waals surface area contributed by atoms with Crippen molar-refractivity contribution in [1.82, 2.24) is 0 Å². The second-order valence-corrected chi connectivity index (χ2v) is 4.69. The lowest BCUT2D eigenvalue weighted by atomic mass is 10.1. The summed E-state index contributed by atoms with van der Waals surface area (Å²) >= 11 is 0. The van der Waals surface area contributed by atoms with Gasteiger partial charge < -0.3 is 9.64 Å². The van der Waals surface area contributed by atoms with Gasteiger partial charge in [-0.05, 0) is 24.1 Å². The zero-order valence-corrected chi connectivity index (χ0v) is 10.9. The third-order valence-electron chi connectivity index (χ3n) is 3.27. The minimum atomic E-state index is -4.73. The van der Waals surface area contributed by atoms with E-state index in [4.69, 9.17) is 4.74 Å². The minimum Gasteiger partial charge on any atom is -0.378 e. The third-order valence-corrected chi connectivity index (χ3v) is 3.27. The second-order valence-electron chi connectivity index (χ2n) is 4.69. The van der Waals surface area contributed by atoms with Gasteiger partial charge in [0.15, 0.2) is 0 Å². The highest BCUT2D eigenvalue weighted by atomic mass is 19.4. The standard InChI is InChI=1S/C14H16F3NO2/c15-14(16,17)13(19)6-3-11-1-4-12(5-2-11)18-7-9-20-10-8-18/h1-2,4-5H,3,6-10H2. The molecule has 1 aliphatic rings. The average molecular weight is 287 g/mol. The summed E-state index contributed by atoms with van der Waals surface area (Å²) in [6.07, 6.45) is -5.12. The SMILES string of the molecule is O=C(CCc1ccc(N2CCOCC2)cc1)C(F)(F)F. The van der Waals surface area contributed by atoms with E-state index in [0.717, 1.165) is 24.3 Å². The fourth-order valence-electron chi connectivity index (χ4n) is 2.09. The molecule has 0 saturated carbocycles. The molecule has 0 amide bonds. The monoisotopic (exact) mass is 287 g/mol. The quantitative estimate of drug-likeness (QED) is 0.852. The van der Waals surface area contributed by atoms with Gasteiger partial charge in [-0.2, -0.15) is 13.2 Å². The molecule has 0 atom stereocenters. The molecule has 0 bridgehead atoms. The van der Waals surface area contributed by atoms with Crippen LogP contribution in [0.25, 0.3) is 0 Å². The van der Waals surface area contributed by atoms with E-state index < -0.39 is 18.4 Å². The van der Waals surface area contributed by atoms with Gasteiger partial charge in [0.25, 0.3) is 0 Å². The Balaban J connectivity index is 1.90. The first-order valence-corrected chi connectivity index (χ1v) is 6.48. The molecular formula is C14H16F3NO2. The number of anilines is 1. The number of halogens is 3. The number of ether oxygens (including phenoxy) is 1. The molecule has 2 rings (SSSR count). The van der Waals surface area contributed by atoms with E-state index in [1.54, 1.807) is 12.1 Å². The van der Waals surface area contributed by atoms with Crippen LogP contribution in [0.15, 0.2) is 24.3 Å². The summed E-state index contributed by atoms with van der Waals surface area (Å²) in [4.78, 5) is 13.0. The minimum absolute atomic E-state index is 0.113. The highest BCUT2D eigenvalue weighted by Gasteiger charge is 2.37. The molecule has 1 fully saturated rings. The first kappa shape index (κ1) is 14.8. The third kappa shape index (κ3) is 3.96. The molecule has 1 saturated heterocycles. The van der Waals surface area contributed by atoms with Crippen LogP contribution in [0.2, 0.25) is 0 Å². The molecule has 1 aromatic rings. The van der Waals surface area contributed by atoms with Crippen LogP contribution in [0, 0.1) is 0 Å². The summed E-state index contributed by atoms with van der Waals surface area (Å²) in [6, 6.07) is 7.29. The van der Waals surface area contributed by atoms with Crippen LogP contribution in [-0.4, -0.2) is 38.3 Å². The van der Waals surface area contributed by atoms with Gasteiger partial charge in [-0.15, -0.1) is 0 Å². The molecule has 0 N–H and O–H groups in total. The number of hydrogen-bond donors (Lipinski definition) is 0. The summed E-state index contributed by atoms with van der Waals surface area (Å²) < 4.78 is 41.5. The maximum absolute atomic E-state index is 12.1. The van der Waals surface area contributed by atoms with E-state index in [-0.39, 0.29) is 6.42 Å².